The van der Waals surface area contributed by atoms with Crippen LogP contribution in [0, 0.1) is 12.7 Å². The third-order valence-electron chi connectivity index (χ3n) is 3.30. The first-order valence-electron chi connectivity index (χ1n) is 5.75. The van der Waals surface area contributed by atoms with Gasteiger partial charge in [0, 0.05) is 30.9 Å². The Hall–Kier alpha value is -1.68. The molecule has 1 fully saturated rings. The highest BCUT2D eigenvalue weighted by molar-refractivity contribution is 5.42. The van der Waals surface area contributed by atoms with Gasteiger partial charge in [0.15, 0.2) is 0 Å². The first kappa shape index (κ1) is 10.5. The van der Waals surface area contributed by atoms with Gasteiger partial charge < -0.3 is 9.88 Å². The molecule has 1 aromatic heterocycles. The van der Waals surface area contributed by atoms with Gasteiger partial charge in [0.1, 0.15) is 5.82 Å². The topological polar surface area (TPSA) is 29.9 Å². The Morgan fingerprint density at radius 1 is 1.41 bits per heavy atom. The van der Waals surface area contributed by atoms with Crippen LogP contribution >= 0.6 is 0 Å². The van der Waals surface area contributed by atoms with Gasteiger partial charge >= 0.3 is 0 Å². The minimum Gasteiger partial charge on any atom is -0.315 e. The molecule has 2 aromatic rings. The molecular weight excluding hydrogens is 217 g/mol. The van der Waals surface area contributed by atoms with Crippen molar-refractivity contribution in [3.8, 4) is 5.69 Å². The number of aryl methyl sites for hydroxylation is 1. The lowest BCUT2D eigenvalue weighted by atomic mass is 9.99. The third-order valence-corrected chi connectivity index (χ3v) is 3.30. The molecule has 1 aromatic carbocycles. The van der Waals surface area contributed by atoms with Crippen LogP contribution in [-0.2, 0) is 0 Å². The van der Waals surface area contributed by atoms with Crippen molar-refractivity contribution in [3.05, 3.63) is 47.8 Å². The Kier molecular flexibility index (Phi) is 2.44. The van der Waals surface area contributed by atoms with E-state index in [0.29, 0.717) is 5.92 Å². The minimum absolute atomic E-state index is 0.211. The highest BCUT2D eigenvalue weighted by atomic mass is 19.1. The van der Waals surface area contributed by atoms with Gasteiger partial charge in [-0.1, -0.05) is 6.07 Å². The van der Waals surface area contributed by atoms with E-state index in [2.05, 4.69) is 10.3 Å². The molecule has 0 radical (unpaired) electrons. The molecule has 88 valence electrons. The van der Waals surface area contributed by atoms with Gasteiger partial charge in [-0.05, 0) is 24.6 Å². The Bertz CT molecular complexity index is 543. The second-order valence-corrected chi connectivity index (χ2v) is 4.47. The molecule has 0 atom stereocenters. The molecule has 0 aliphatic carbocycles. The maximum absolute atomic E-state index is 13.3. The smallest absolute Gasteiger partial charge is 0.125 e. The Morgan fingerprint density at radius 2 is 2.24 bits per heavy atom. The van der Waals surface area contributed by atoms with E-state index >= 15 is 0 Å². The van der Waals surface area contributed by atoms with Crippen molar-refractivity contribution in [2.45, 2.75) is 12.8 Å². The van der Waals surface area contributed by atoms with Crippen molar-refractivity contribution in [2.24, 2.45) is 0 Å². The summed E-state index contributed by atoms with van der Waals surface area (Å²) < 4.78 is 15.3. The number of rotatable bonds is 2. The summed E-state index contributed by atoms with van der Waals surface area (Å²) >= 11 is 0. The Labute approximate surface area is 99.3 Å². The number of benzene rings is 1. The summed E-state index contributed by atoms with van der Waals surface area (Å²) in [6, 6.07) is 4.85. The molecule has 0 unspecified atom stereocenters. The SMILES string of the molecule is Cc1ccc(F)cc1-n1cncc1C1CNC1. The number of aromatic nitrogens is 2. The number of hydrogen-bond acceptors (Lipinski definition) is 2. The van der Waals surface area contributed by atoms with Crippen molar-refractivity contribution in [2.75, 3.05) is 13.1 Å². The van der Waals surface area contributed by atoms with Gasteiger partial charge in [0.25, 0.3) is 0 Å². The second-order valence-electron chi connectivity index (χ2n) is 4.47. The molecule has 4 heteroatoms. The van der Waals surface area contributed by atoms with E-state index in [1.165, 1.54) is 6.07 Å². The summed E-state index contributed by atoms with van der Waals surface area (Å²) in [7, 11) is 0. The molecule has 1 saturated heterocycles. The number of imidazole rings is 1. The van der Waals surface area contributed by atoms with Crippen LogP contribution in [-0.4, -0.2) is 22.6 Å². The molecular formula is C13H14FN3. The summed E-state index contributed by atoms with van der Waals surface area (Å²) in [6.45, 7) is 3.93. The van der Waals surface area contributed by atoms with E-state index in [4.69, 9.17) is 0 Å². The van der Waals surface area contributed by atoms with E-state index < -0.39 is 0 Å². The predicted octanol–water partition coefficient (Wildman–Crippen LogP) is 2.01. The van der Waals surface area contributed by atoms with Crippen molar-refractivity contribution in [1.29, 1.82) is 0 Å². The van der Waals surface area contributed by atoms with Crippen LogP contribution < -0.4 is 5.32 Å². The van der Waals surface area contributed by atoms with Crippen LogP contribution in [0.15, 0.2) is 30.7 Å². The molecule has 0 saturated carbocycles. The zero-order valence-electron chi connectivity index (χ0n) is 9.65. The highest BCUT2D eigenvalue weighted by Crippen LogP contribution is 2.24. The largest absolute Gasteiger partial charge is 0.315 e. The minimum atomic E-state index is -0.211. The predicted molar refractivity (Wildman–Crippen MR) is 63.9 cm³/mol. The molecule has 17 heavy (non-hydrogen) atoms. The number of halogens is 1. The maximum atomic E-state index is 13.3. The van der Waals surface area contributed by atoms with Crippen molar-refractivity contribution >= 4 is 0 Å². The van der Waals surface area contributed by atoms with E-state index in [-0.39, 0.29) is 5.82 Å². The highest BCUT2D eigenvalue weighted by Gasteiger charge is 2.23. The average Bonchev–Trinajstić information content (AvgIpc) is 2.68. The van der Waals surface area contributed by atoms with Gasteiger partial charge in [-0.25, -0.2) is 9.37 Å². The number of hydrogen-bond donors (Lipinski definition) is 1. The second kappa shape index (κ2) is 3.96. The fourth-order valence-corrected chi connectivity index (χ4v) is 2.15. The lowest BCUT2D eigenvalue weighted by Crippen LogP contribution is -2.40. The van der Waals surface area contributed by atoms with Gasteiger partial charge in [-0.2, -0.15) is 0 Å². The van der Waals surface area contributed by atoms with Crippen LogP contribution in [0.5, 0.6) is 0 Å². The zero-order chi connectivity index (χ0) is 11.8. The monoisotopic (exact) mass is 231 g/mol. The summed E-state index contributed by atoms with van der Waals surface area (Å²) in [6.07, 6.45) is 3.63. The van der Waals surface area contributed by atoms with Gasteiger partial charge in [-0.3, -0.25) is 0 Å². The zero-order valence-corrected chi connectivity index (χ0v) is 9.65. The molecule has 3 rings (SSSR count). The Morgan fingerprint density at radius 3 is 2.94 bits per heavy atom. The third kappa shape index (κ3) is 1.74. The van der Waals surface area contributed by atoms with Crippen molar-refractivity contribution in [3.63, 3.8) is 0 Å². The van der Waals surface area contributed by atoms with Crippen LogP contribution in [0.25, 0.3) is 5.69 Å². The molecule has 1 aliphatic rings. The van der Waals surface area contributed by atoms with Crippen LogP contribution in [0.3, 0.4) is 0 Å². The molecule has 2 heterocycles. The van der Waals surface area contributed by atoms with Crippen LogP contribution in [0.1, 0.15) is 17.2 Å². The maximum Gasteiger partial charge on any atom is 0.125 e. The quantitative estimate of drug-likeness (QED) is 0.856. The molecule has 1 aliphatic heterocycles. The fourth-order valence-electron chi connectivity index (χ4n) is 2.15. The number of nitrogens with zero attached hydrogens (tertiary/aromatic N) is 2. The standard InChI is InChI=1S/C13H14FN3/c1-9-2-3-11(14)4-12(9)17-8-16-7-13(17)10-5-15-6-10/h2-4,7-8,10,15H,5-6H2,1H3. The molecule has 0 spiro atoms. The first-order valence-corrected chi connectivity index (χ1v) is 5.75. The summed E-state index contributed by atoms with van der Waals surface area (Å²) in [5.74, 6) is 0.275. The van der Waals surface area contributed by atoms with Gasteiger partial charge in [0.2, 0.25) is 0 Å². The average molecular weight is 231 g/mol. The fraction of sp³-hybridized carbons (Fsp3) is 0.308. The van der Waals surface area contributed by atoms with E-state index in [1.807, 2.05) is 17.7 Å². The molecule has 0 bridgehead atoms. The lowest BCUT2D eigenvalue weighted by Gasteiger charge is -2.28. The number of nitrogens with one attached hydrogen (secondary N) is 1. The van der Waals surface area contributed by atoms with E-state index in [0.717, 1.165) is 30.0 Å². The molecule has 1 N–H and O–H groups in total. The van der Waals surface area contributed by atoms with Crippen LogP contribution in [0.4, 0.5) is 4.39 Å². The normalized spacial score (nSPS) is 15.9. The van der Waals surface area contributed by atoms with Gasteiger partial charge in [-0.15, -0.1) is 0 Å². The van der Waals surface area contributed by atoms with E-state index in [1.54, 1.807) is 18.5 Å². The Balaban J connectivity index is 2.08. The first-order chi connectivity index (χ1) is 8.25. The molecule has 3 nitrogen and oxygen atoms in total. The van der Waals surface area contributed by atoms with Crippen molar-refractivity contribution in [1.82, 2.24) is 14.9 Å². The molecule has 0 amide bonds. The summed E-state index contributed by atoms with van der Waals surface area (Å²) in [5.41, 5.74) is 3.08. The van der Waals surface area contributed by atoms with Gasteiger partial charge in [0.05, 0.1) is 12.0 Å². The van der Waals surface area contributed by atoms with Crippen LogP contribution in [0.2, 0.25) is 0 Å². The van der Waals surface area contributed by atoms with E-state index in [9.17, 15) is 4.39 Å². The summed E-state index contributed by atoms with van der Waals surface area (Å²) in [4.78, 5) is 4.18. The summed E-state index contributed by atoms with van der Waals surface area (Å²) in [5, 5.41) is 3.24. The van der Waals surface area contributed by atoms with Crippen molar-refractivity contribution < 1.29 is 4.39 Å². The lowest BCUT2D eigenvalue weighted by molar-refractivity contribution is 0.435.